The Hall–Kier alpha value is -3.51. The van der Waals surface area contributed by atoms with E-state index in [4.69, 9.17) is 9.47 Å². The van der Waals surface area contributed by atoms with Crippen molar-refractivity contribution in [3.63, 3.8) is 0 Å². The molecule has 1 aliphatic heterocycles. The highest BCUT2D eigenvalue weighted by Crippen LogP contribution is 2.37. The Morgan fingerprint density at radius 1 is 1.08 bits per heavy atom. The number of aromatic nitrogens is 1. The molecule has 1 aromatic heterocycles. The van der Waals surface area contributed by atoms with Gasteiger partial charge in [-0.05, 0) is 29.8 Å². The van der Waals surface area contributed by atoms with Gasteiger partial charge in [-0.3, -0.25) is 0 Å². The normalized spacial score (nSPS) is 14.4. The van der Waals surface area contributed by atoms with Crippen LogP contribution in [0.2, 0.25) is 0 Å². The number of alkyl halides is 3. The molecule has 0 unspecified atom stereocenters. The molecule has 0 radical (unpaired) electrons. The van der Waals surface area contributed by atoms with E-state index < -0.39 is 21.6 Å². The molecule has 2 aromatic carbocycles. The maximum absolute atomic E-state index is 13.7. The lowest BCUT2D eigenvalue weighted by atomic mass is 10.2. The van der Waals surface area contributed by atoms with Gasteiger partial charge in [0.15, 0.2) is 9.84 Å². The van der Waals surface area contributed by atoms with Crippen molar-refractivity contribution in [3.05, 3.63) is 65.9 Å². The second-order valence-electron chi connectivity index (χ2n) is 8.50. The number of nitrogens with one attached hydrogen (secondary N) is 2. The molecule has 2 heterocycles. The fourth-order valence-electron chi connectivity index (χ4n) is 3.92. The zero-order valence-electron chi connectivity index (χ0n) is 20.3. The summed E-state index contributed by atoms with van der Waals surface area (Å²) in [4.78, 5) is 6.21. The van der Waals surface area contributed by atoms with Gasteiger partial charge in [0.05, 0.1) is 42.2 Å². The van der Waals surface area contributed by atoms with E-state index >= 15 is 0 Å². The van der Waals surface area contributed by atoms with Crippen LogP contribution < -0.4 is 20.3 Å². The van der Waals surface area contributed by atoms with Crippen LogP contribution in [0.15, 0.2) is 59.6 Å². The number of hydrogen-bond donors (Lipinski definition) is 2. The fourth-order valence-corrected chi connectivity index (χ4v) is 4.61. The quantitative estimate of drug-likeness (QED) is 0.428. The summed E-state index contributed by atoms with van der Waals surface area (Å²) in [6.45, 7) is 2.74. The van der Waals surface area contributed by atoms with Crippen molar-refractivity contribution in [3.8, 4) is 5.75 Å². The molecular weight excluding hydrogens is 509 g/mol. The molecule has 1 fully saturated rings. The number of halogens is 3. The second-order valence-corrected chi connectivity index (χ2v) is 10.5. The maximum atomic E-state index is 13.7. The van der Waals surface area contributed by atoms with Gasteiger partial charge in [-0.25, -0.2) is 13.4 Å². The summed E-state index contributed by atoms with van der Waals surface area (Å²) in [5.74, 6) is 0.690. The zero-order valence-corrected chi connectivity index (χ0v) is 21.1. The Kier molecular flexibility index (Phi) is 7.79. The van der Waals surface area contributed by atoms with E-state index in [1.54, 1.807) is 18.2 Å². The Morgan fingerprint density at radius 3 is 2.51 bits per heavy atom. The molecule has 198 valence electrons. The molecule has 0 saturated carbocycles. The van der Waals surface area contributed by atoms with Gasteiger partial charge in [-0.2, -0.15) is 13.2 Å². The van der Waals surface area contributed by atoms with Gasteiger partial charge >= 0.3 is 6.18 Å². The van der Waals surface area contributed by atoms with Crippen LogP contribution in [0.1, 0.15) is 11.1 Å². The molecule has 0 amide bonds. The SMILES string of the molecule is COc1cc(N2CCOCC2)ccc1Nc1cc(NCc2cccc(S(C)(=O)=O)c2)c(C(F)(F)F)cn1. The topological polar surface area (TPSA) is 92.8 Å². The van der Waals surface area contributed by atoms with Crippen LogP contribution in [-0.2, 0) is 27.3 Å². The van der Waals surface area contributed by atoms with Gasteiger partial charge in [0, 0.05) is 49.9 Å². The molecule has 37 heavy (non-hydrogen) atoms. The van der Waals surface area contributed by atoms with E-state index in [-0.39, 0.29) is 22.9 Å². The lowest BCUT2D eigenvalue weighted by Crippen LogP contribution is -2.36. The largest absolute Gasteiger partial charge is 0.494 e. The molecule has 1 aliphatic rings. The van der Waals surface area contributed by atoms with Gasteiger partial charge in [0.1, 0.15) is 11.6 Å². The molecule has 2 N–H and O–H groups in total. The van der Waals surface area contributed by atoms with Crippen LogP contribution in [0.25, 0.3) is 0 Å². The van der Waals surface area contributed by atoms with Crippen molar-refractivity contribution in [2.45, 2.75) is 17.6 Å². The summed E-state index contributed by atoms with van der Waals surface area (Å²) in [6.07, 6.45) is -2.81. The number of morpholine rings is 1. The molecule has 4 rings (SSSR count). The van der Waals surface area contributed by atoms with Crippen molar-refractivity contribution >= 4 is 32.7 Å². The van der Waals surface area contributed by atoms with E-state index in [1.807, 2.05) is 12.1 Å². The monoisotopic (exact) mass is 536 g/mol. The minimum absolute atomic E-state index is 0.0204. The zero-order chi connectivity index (χ0) is 26.6. The molecule has 0 atom stereocenters. The van der Waals surface area contributed by atoms with Gasteiger partial charge in [0.2, 0.25) is 0 Å². The summed E-state index contributed by atoms with van der Waals surface area (Å²) in [5.41, 5.74) is 0.872. The summed E-state index contributed by atoms with van der Waals surface area (Å²) in [6, 6.07) is 12.8. The first-order valence-corrected chi connectivity index (χ1v) is 13.3. The standard InChI is InChI=1S/C25H27F3N4O4S/c1-35-23-13-18(32-8-10-36-11-9-32)6-7-21(23)31-24-14-22(20(16-30-24)25(26,27)28)29-15-17-4-3-5-19(12-17)37(2,33)34/h3-7,12-14,16H,8-11,15H2,1-2H3,(H2,29,30,31). The third-order valence-electron chi connectivity index (χ3n) is 5.84. The minimum Gasteiger partial charge on any atom is -0.494 e. The molecule has 0 spiro atoms. The van der Waals surface area contributed by atoms with E-state index in [0.29, 0.717) is 30.2 Å². The van der Waals surface area contributed by atoms with Crippen molar-refractivity contribution in [1.82, 2.24) is 4.98 Å². The highest BCUT2D eigenvalue weighted by atomic mass is 32.2. The van der Waals surface area contributed by atoms with Gasteiger partial charge in [-0.15, -0.1) is 0 Å². The Balaban J connectivity index is 1.58. The molecule has 1 saturated heterocycles. The second kappa shape index (κ2) is 10.9. The number of benzene rings is 2. The van der Waals surface area contributed by atoms with E-state index in [1.165, 1.54) is 25.3 Å². The Labute approximate surface area is 213 Å². The van der Waals surface area contributed by atoms with E-state index in [0.717, 1.165) is 31.2 Å². The number of nitrogens with zero attached hydrogens (tertiary/aromatic N) is 2. The molecular formula is C25H27F3N4O4S. The number of methoxy groups -OCH3 is 1. The summed E-state index contributed by atoms with van der Waals surface area (Å²) >= 11 is 0. The maximum Gasteiger partial charge on any atom is 0.419 e. The molecule has 3 aromatic rings. The number of anilines is 4. The molecule has 0 bridgehead atoms. The van der Waals surface area contributed by atoms with Crippen molar-refractivity contribution in [2.24, 2.45) is 0 Å². The summed E-state index contributed by atoms with van der Waals surface area (Å²) < 4.78 is 75.6. The van der Waals surface area contributed by atoms with Crippen LogP contribution in [0.5, 0.6) is 5.75 Å². The minimum atomic E-state index is -4.64. The average Bonchev–Trinajstić information content (AvgIpc) is 2.87. The Morgan fingerprint density at radius 2 is 1.84 bits per heavy atom. The smallest absolute Gasteiger partial charge is 0.419 e. The predicted molar refractivity (Wildman–Crippen MR) is 135 cm³/mol. The number of sulfone groups is 1. The van der Waals surface area contributed by atoms with Crippen LogP contribution in [0, 0.1) is 0 Å². The summed E-state index contributed by atoms with van der Waals surface area (Å²) in [7, 11) is -1.93. The van der Waals surface area contributed by atoms with Crippen LogP contribution in [-0.4, -0.2) is 53.1 Å². The van der Waals surface area contributed by atoms with Gasteiger partial charge < -0.3 is 25.0 Å². The fraction of sp³-hybridized carbons (Fsp3) is 0.320. The number of rotatable bonds is 8. The molecule has 8 nitrogen and oxygen atoms in total. The van der Waals surface area contributed by atoms with Crippen molar-refractivity contribution in [1.29, 1.82) is 0 Å². The van der Waals surface area contributed by atoms with Gasteiger partial charge in [0.25, 0.3) is 0 Å². The third kappa shape index (κ3) is 6.63. The Bertz CT molecular complexity index is 1360. The van der Waals surface area contributed by atoms with Crippen LogP contribution in [0.4, 0.5) is 36.1 Å². The number of ether oxygens (including phenoxy) is 2. The number of pyridine rings is 1. The van der Waals surface area contributed by atoms with Crippen molar-refractivity contribution < 1.29 is 31.1 Å². The molecule has 0 aliphatic carbocycles. The van der Waals surface area contributed by atoms with Gasteiger partial charge in [-0.1, -0.05) is 12.1 Å². The third-order valence-corrected chi connectivity index (χ3v) is 6.95. The highest BCUT2D eigenvalue weighted by Gasteiger charge is 2.34. The first kappa shape index (κ1) is 26.6. The summed E-state index contributed by atoms with van der Waals surface area (Å²) in [5, 5.41) is 5.81. The first-order chi connectivity index (χ1) is 17.5. The average molecular weight is 537 g/mol. The van der Waals surface area contributed by atoms with E-state index in [9.17, 15) is 21.6 Å². The van der Waals surface area contributed by atoms with Crippen LogP contribution >= 0.6 is 0 Å². The predicted octanol–water partition coefficient (Wildman–Crippen LogP) is 4.70. The van der Waals surface area contributed by atoms with E-state index in [2.05, 4.69) is 20.5 Å². The first-order valence-electron chi connectivity index (χ1n) is 11.4. The van der Waals surface area contributed by atoms with Crippen LogP contribution in [0.3, 0.4) is 0 Å². The lowest BCUT2D eigenvalue weighted by Gasteiger charge is -2.29. The lowest BCUT2D eigenvalue weighted by molar-refractivity contribution is -0.137. The van der Waals surface area contributed by atoms with Crippen molar-refractivity contribution in [2.75, 3.05) is 55.2 Å². The highest BCUT2D eigenvalue weighted by molar-refractivity contribution is 7.90. The number of hydrogen-bond acceptors (Lipinski definition) is 8. The molecule has 12 heteroatoms.